The van der Waals surface area contributed by atoms with Crippen LogP contribution >= 0.6 is 0 Å². The molecule has 0 unspecified atom stereocenters. The molecule has 2 heteroatoms. The van der Waals surface area contributed by atoms with Crippen molar-refractivity contribution in [2.75, 3.05) is 0 Å². The van der Waals surface area contributed by atoms with E-state index in [9.17, 15) is 9.18 Å². The highest BCUT2D eigenvalue weighted by Crippen LogP contribution is 2.20. The molecule has 0 amide bonds. The number of benzene rings is 2. The predicted molar refractivity (Wildman–Crippen MR) is 59.1 cm³/mol. The lowest BCUT2D eigenvalue weighted by atomic mass is 10.0. The van der Waals surface area contributed by atoms with Crippen LogP contribution in [0.3, 0.4) is 0 Å². The van der Waals surface area contributed by atoms with Gasteiger partial charge in [-0.05, 0) is 22.4 Å². The highest BCUT2D eigenvalue weighted by molar-refractivity contribution is 5.93. The maximum atomic E-state index is 12.8. The van der Waals surface area contributed by atoms with Gasteiger partial charge in [-0.2, -0.15) is 0 Å². The first-order chi connectivity index (χ1) is 7.31. The minimum absolute atomic E-state index is 0.210. The zero-order valence-corrected chi connectivity index (χ0v) is 7.98. The van der Waals surface area contributed by atoms with Crippen molar-refractivity contribution in [2.24, 2.45) is 0 Å². The molecule has 0 fully saturated rings. The zero-order valence-electron chi connectivity index (χ0n) is 7.98. The van der Waals surface area contributed by atoms with Gasteiger partial charge in [0.05, 0.1) is 0 Å². The molecule has 0 bridgehead atoms. The third kappa shape index (κ3) is 1.94. The fraction of sp³-hybridized carbons (Fsp3) is 0. The van der Waals surface area contributed by atoms with Crippen LogP contribution in [0.1, 0.15) is 5.56 Å². The molecule has 2 rings (SSSR count). The lowest BCUT2D eigenvalue weighted by Crippen LogP contribution is -1.80. The Labute approximate surface area is 86.8 Å². The largest absolute Gasteiger partial charge is 0.295 e. The van der Waals surface area contributed by atoms with E-state index in [1.165, 1.54) is 6.08 Å². The van der Waals surface area contributed by atoms with Crippen molar-refractivity contribution in [2.45, 2.75) is 0 Å². The van der Waals surface area contributed by atoms with Crippen molar-refractivity contribution in [3.05, 3.63) is 53.9 Å². The zero-order chi connectivity index (χ0) is 10.7. The standard InChI is InChI=1S/C13H9FO/c14-12(9-15)8-11-6-3-5-10-4-1-2-7-13(10)11/h1-9H/b12-8-. The molecule has 2 aromatic carbocycles. The number of allylic oxidation sites excluding steroid dienone is 1. The molecule has 0 heterocycles. The minimum Gasteiger partial charge on any atom is -0.295 e. The summed E-state index contributed by atoms with van der Waals surface area (Å²) in [6, 6.07) is 13.2. The van der Waals surface area contributed by atoms with Gasteiger partial charge in [-0.3, -0.25) is 4.79 Å². The summed E-state index contributed by atoms with van der Waals surface area (Å²) in [7, 11) is 0. The average molecular weight is 200 g/mol. The van der Waals surface area contributed by atoms with Crippen LogP contribution in [0.5, 0.6) is 0 Å². The molecule has 74 valence electrons. The van der Waals surface area contributed by atoms with E-state index in [0.29, 0.717) is 0 Å². The first-order valence-electron chi connectivity index (χ1n) is 4.61. The second-order valence-corrected chi connectivity index (χ2v) is 3.22. The van der Waals surface area contributed by atoms with Crippen LogP contribution in [-0.2, 0) is 4.79 Å². The molecule has 0 atom stereocenters. The highest BCUT2D eigenvalue weighted by atomic mass is 19.1. The quantitative estimate of drug-likeness (QED) is 0.536. The predicted octanol–water partition coefficient (Wildman–Crippen LogP) is 3.35. The van der Waals surface area contributed by atoms with Crippen LogP contribution in [0.15, 0.2) is 48.3 Å². The van der Waals surface area contributed by atoms with Gasteiger partial charge in [-0.1, -0.05) is 42.5 Å². The molecule has 0 aliphatic rings. The van der Waals surface area contributed by atoms with Crippen molar-refractivity contribution >= 4 is 23.1 Å². The third-order valence-electron chi connectivity index (χ3n) is 2.23. The van der Waals surface area contributed by atoms with Crippen molar-refractivity contribution < 1.29 is 9.18 Å². The summed E-state index contributed by atoms with van der Waals surface area (Å²) in [5.74, 6) is -0.758. The molecule has 0 radical (unpaired) electrons. The van der Waals surface area contributed by atoms with E-state index in [2.05, 4.69) is 0 Å². The molecule has 1 nitrogen and oxygen atoms in total. The number of halogens is 1. The van der Waals surface area contributed by atoms with Gasteiger partial charge >= 0.3 is 0 Å². The van der Waals surface area contributed by atoms with E-state index in [4.69, 9.17) is 0 Å². The number of carbonyl (C=O) groups excluding carboxylic acids is 1. The monoisotopic (exact) mass is 200 g/mol. The highest BCUT2D eigenvalue weighted by Gasteiger charge is 1.98. The van der Waals surface area contributed by atoms with Crippen LogP contribution in [-0.4, -0.2) is 6.29 Å². The Bertz CT molecular complexity index is 524. The van der Waals surface area contributed by atoms with Crippen molar-refractivity contribution in [1.29, 1.82) is 0 Å². The average Bonchev–Trinajstić information content (AvgIpc) is 2.29. The van der Waals surface area contributed by atoms with Crippen LogP contribution in [0.2, 0.25) is 0 Å². The summed E-state index contributed by atoms with van der Waals surface area (Å²) < 4.78 is 12.8. The Morgan fingerprint density at radius 1 is 1.07 bits per heavy atom. The van der Waals surface area contributed by atoms with E-state index in [0.717, 1.165) is 16.3 Å². The van der Waals surface area contributed by atoms with E-state index in [1.54, 1.807) is 6.07 Å². The molecular formula is C13H9FO. The van der Waals surface area contributed by atoms with Crippen LogP contribution in [0.25, 0.3) is 16.8 Å². The van der Waals surface area contributed by atoms with Crippen molar-refractivity contribution in [3.8, 4) is 0 Å². The molecule has 0 aliphatic carbocycles. The normalized spacial score (nSPS) is 11.7. The number of hydrogen-bond acceptors (Lipinski definition) is 1. The fourth-order valence-corrected chi connectivity index (χ4v) is 1.56. The summed E-state index contributed by atoms with van der Waals surface area (Å²) in [6.07, 6.45) is 1.46. The topological polar surface area (TPSA) is 17.1 Å². The van der Waals surface area contributed by atoms with Gasteiger partial charge in [0.25, 0.3) is 0 Å². The van der Waals surface area contributed by atoms with Crippen molar-refractivity contribution in [3.63, 3.8) is 0 Å². The molecular weight excluding hydrogens is 191 g/mol. The maximum absolute atomic E-state index is 12.8. The number of hydrogen-bond donors (Lipinski definition) is 0. The van der Waals surface area contributed by atoms with Gasteiger partial charge in [0.15, 0.2) is 12.1 Å². The first-order valence-corrected chi connectivity index (χ1v) is 4.61. The summed E-state index contributed by atoms with van der Waals surface area (Å²) in [5.41, 5.74) is 0.720. The second-order valence-electron chi connectivity index (χ2n) is 3.22. The molecule has 15 heavy (non-hydrogen) atoms. The molecule has 0 N–H and O–H groups in total. The number of rotatable bonds is 2. The van der Waals surface area contributed by atoms with E-state index < -0.39 is 5.83 Å². The van der Waals surface area contributed by atoms with Crippen LogP contribution < -0.4 is 0 Å². The number of carbonyl (C=O) groups is 1. The first kappa shape index (κ1) is 9.59. The van der Waals surface area contributed by atoms with E-state index in [1.807, 2.05) is 36.4 Å². The van der Waals surface area contributed by atoms with Crippen LogP contribution in [0, 0.1) is 0 Å². The Morgan fingerprint density at radius 2 is 1.80 bits per heavy atom. The lowest BCUT2D eigenvalue weighted by molar-refractivity contribution is -0.106. The van der Waals surface area contributed by atoms with Gasteiger partial charge in [0.1, 0.15) is 0 Å². The molecule has 0 saturated carbocycles. The minimum atomic E-state index is -0.758. The Hall–Kier alpha value is -1.96. The number of aldehydes is 1. The fourth-order valence-electron chi connectivity index (χ4n) is 1.56. The Kier molecular flexibility index (Phi) is 2.59. The molecule has 2 aromatic rings. The van der Waals surface area contributed by atoms with Crippen molar-refractivity contribution in [1.82, 2.24) is 0 Å². The molecule has 0 saturated heterocycles. The Balaban J connectivity index is 2.66. The van der Waals surface area contributed by atoms with E-state index in [-0.39, 0.29) is 6.29 Å². The van der Waals surface area contributed by atoms with Gasteiger partial charge in [0.2, 0.25) is 0 Å². The SMILES string of the molecule is O=C/C(F)=C/c1cccc2ccccc12. The second kappa shape index (κ2) is 4.05. The smallest absolute Gasteiger partial charge is 0.178 e. The maximum Gasteiger partial charge on any atom is 0.178 e. The van der Waals surface area contributed by atoms with Gasteiger partial charge in [0, 0.05) is 0 Å². The van der Waals surface area contributed by atoms with Gasteiger partial charge in [-0.15, -0.1) is 0 Å². The van der Waals surface area contributed by atoms with E-state index >= 15 is 0 Å². The van der Waals surface area contributed by atoms with Crippen LogP contribution in [0.4, 0.5) is 4.39 Å². The summed E-state index contributed by atoms with van der Waals surface area (Å²) in [5, 5.41) is 1.97. The summed E-state index contributed by atoms with van der Waals surface area (Å²) in [6.45, 7) is 0. The molecule has 0 aromatic heterocycles. The van der Waals surface area contributed by atoms with Gasteiger partial charge < -0.3 is 0 Å². The summed E-state index contributed by atoms with van der Waals surface area (Å²) in [4.78, 5) is 10.2. The molecule has 0 spiro atoms. The third-order valence-corrected chi connectivity index (χ3v) is 2.23. The van der Waals surface area contributed by atoms with Gasteiger partial charge in [-0.25, -0.2) is 4.39 Å². The Morgan fingerprint density at radius 3 is 2.60 bits per heavy atom. The molecule has 0 aliphatic heterocycles. The number of fused-ring (bicyclic) bond motifs is 1. The lowest BCUT2D eigenvalue weighted by Gasteiger charge is -2.00. The summed E-state index contributed by atoms with van der Waals surface area (Å²) >= 11 is 0.